The quantitative estimate of drug-likeness (QED) is 0.200. The van der Waals surface area contributed by atoms with E-state index in [-0.39, 0.29) is 24.0 Å². The van der Waals surface area contributed by atoms with Gasteiger partial charge in [0.15, 0.2) is 5.96 Å². The van der Waals surface area contributed by atoms with E-state index in [1.165, 1.54) is 4.70 Å². The summed E-state index contributed by atoms with van der Waals surface area (Å²) in [5, 5.41) is 18.5. The first-order valence-electron chi connectivity index (χ1n) is 8.37. The zero-order chi connectivity index (χ0) is 18.4. The van der Waals surface area contributed by atoms with Crippen LogP contribution < -0.4 is 10.6 Å². The second-order valence-corrected chi connectivity index (χ2v) is 7.32. The summed E-state index contributed by atoms with van der Waals surface area (Å²) >= 11 is 7.40. The fraction of sp³-hybridized carbons (Fsp3) is 0.263. The van der Waals surface area contributed by atoms with Crippen molar-refractivity contribution in [1.82, 2.24) is 15.6 Å². The Hall–Kier alpha value is -1.42. The van der Waals surface area contributed by atoms with Crippen molar-refractivity contribution in [3.05, 3.63) is 64.3 Å². The van der Waals surface area contributed by atoms with Crippen LogP contribution >= 0.6 is 46.9 Å². The molecule has 3 N–H and O–H groups in total. The third kappa shape index (κ3) is 6.31. The SMILES string of the molecule is CN=C(NCCc1ccc(Cl)nc1)NCC(O)c1cc2ccccc2s1.I. The van der Waals surface area contributed by atoms with Crippen LogP contribution in [0.2, 0.25) is 5.15 Å². The number of aliphatic imine (C=N–C) groups is 1. The number of benzene rings is 1. The minimum atomic E-state index is -0.577. The fourth-order valence-electron chi connectivity index (χ4n) is 2.56. The zero-order valence-corrected chi connectivity index (χ0v) is 18.8. The number of rotatable bonds is 6. The molecule has 1 atom stereocenters. The maximum absolute atomic E-state index is 10.4. The number of aliphatic hydroxyl groups excluding tert-OH is 1. The van der Waals surface area contributed by atoms with E-state index in [0.717, 1.165) is 22.2 Å². The number of guanidine groups is 1. The lowest BCUT2D eigenvalue weighted by atomic mass is 10.2. The van der Waals surface area contributed by atoms with Crippen molar-refractivity contribution < 1.29 is 5.11 Å². The van der Waals surface area contributed by atoms with Crippen LogP contribution in [0.25, 0.3) is 10.1 Å². The Morgan fingerprint density at radius 3 is 2.78 bits per heavy atom. The lowest BCUT2D eigenvalue weighted by Crippen LogP contribution is -2.40. The first-order chi connectivity index (χ1) is 12.7. The summed E-state index contributed by atoms with van der Waals surface area (Å²) in [5.74, 6) is 0.659. The number of fused-ring (bicyclic) bond motifs is 1. The van der Waals surface area contributed by atoms with Gasteiger partial charge in [-0.1, -0.05) is 35.9 Å². The van der Waals surface area contributed by atoms with Crippen molar-refractivity contribution in [2.45, 2.75) is 12.5 Å². The maximum atomic E-state index is 10.4. The van der Waals surface area contributed by atoms with Crippen LogP contribution in [0.15, 0.2) is 53.7 Å². The molecule has 5 nitrogen and oxygen atoms in total. The van der Waals surface area contributed by atoms with Crippen molar-refractivity contribution in [3.8, 4) is 0 Å². The highest BCUT2D eigenvalue weighted by Crippen LogP contribution is 2.29. The van der Waals surface area contributed by atoms with Crippen LogP contribution in [0.3, 0.4) is 0 Å². The molecule has 3 rings (SSSR count). The van der Waals surface area contributed by atoms with Gasteiger partial charge in [0.1, 0.15) is 11.3 Å². The molecule has 0 fully saturated rings. The number of pyridine rings is 1. The van der Waals surface area contributed by atoms with E-state index in [0.29, 0.717) is 24.2 Å². The predicted octanol–water partition coefficient (Wildman–Crippen LogP) is 4.01. The fourth-order valence-corrected chi connectivity index (χ4v) is 3.72. The summed E-state index contributed by atoms with van der Waals surface area (Å²) in [5.41, 5.74) is 1.10. The lowest BCUT2D eigenvalue weighted by Gasteiger charge is -2.14. The first kappa shape index (κ1) is 21.9. The van der Waals surface area contributed by atoms with Gasteiger partial charge in [0.05, 0.1) is 0 Å². The van der Waals surface area contributed by atoms with Crippen LogP contribution in [0.5, 0.6) is 0 Å². The average molecular weight is 517 g/mol. The highest BCUT2D eigenvalue weighted by Gasteiger charge is 2.12. The summed E-state index contributed by atoms with van der Waals surface area (Å²) in [7, 11) is 1.71. The molecule has 1 unspecified atom stereocenters. The summed E-state index contributed by atoms with van der Waals surface area (Å²) in [6, 6.07) is 13.9. The summed E-state index contributed by atoms with van der Waals surface area (Å²) in [4.78, 5) is 9.21. The molecule has 0 saturated heterocycles. The normalized spacial score (nSPS) is 12.5. The molecular weight excluding hydrogens is 495 g/mol. The van der Waals surface area contributed by atoms with Gasteiger partial charge >= 0.3 is 0 Å². The van der Waals surface area contributed by atoms with Crippen molar-refractivity contribution >= 4 is 63.0 Å². The molecule has 0 aliphatic heterocycles. The van der Waals surface area contributed by atoms with Crippen molar-refractivity contribution in [2.75, 3.05) is 20.1 Å². The highest BCUT2D eigenvalue weighted by molar-refractivity contribution is 14.0. The molecule has 0 radical (unpaired) electrons. The Morgan fingerprint density at radius 2 is 2.07 bits per heavy atom. The number of aliphatic hydroxyl groups is 1. The third-order valence-electron chi connectivity index (χ3n) is 3.95. The molecule has 0 saturated carbocycles. The number of nitrogens with one attached hydrogen (secondary N) is 2. The van der Waals surface area contributed by atoms with Crippen LogP contribution in [0.1, 0.15) is 16.5 Å². The Balaban J connectivity index is 0.00000261. The molecule has 0 aliphatic rings. The molecule has 0 aliphatic carbocycles. The van der Waals surface area contributed by atoms with E-state index in [1.807, 2.05) is 24.3 Å². The van der Waals surface area contributed by atoms with Crippen molar-refractivity contribution in [3.63, 3.8) is 0 Å². The summed E-state index contributed by atoms with van der Waals surface area (Å²) in [6.45, 7) is 1.11. The first-order valence-corrected chi connectivity index (χ1v) is 9.56. The van der Waals surface area contributed by atoms with Gasteiger partial charge in [0.25, 0.3) is 0 Å². The maximum Gasteiger partial charge on any atom is 0.191 e. The van der Waals surface area contributed by atoms with Gasteiger partial charge in [0.2, 0.25) is 0 Å². The van der Waals surface area contributed by atoms with E-state index in [9.17, 15) is 5.11 Å². The van der Waals surface area contributed by atoms with Gasteiger partial charge in [-0.3, -0.25) is 4.99 Å². The molecular formula is C19H22ClIN4OS. The molecule has 2 heterocycles. The van der Waals surface area contributed by atoms with Gasteiger partial charge in [-0.05, 0) is 35.6 Å². The zero-order valence-electron chi connectivity index (χ0n) is 14.9. The number of thiophene rings is 1. The molecule has 3 aromatic rings. The predicted molar refractivity (Wildman–Crippen MR) is 125 cm³/mol. The lowest BCUT2D eigenvalue weighted by molar-refractivity contribution is 0.184. The molecule has 27 heavy (non-hydrogen) atoms. The number of hydrogen-bond acceptors (Lipinski definition) is 4. The Labute approximate surface area is 184 Å². The molecule has 2 aromatic heterocycles. The van der Waals surface area contributed by atoms with E-state index in [2.05, 4.69) is 32.7 Å². The monoisotopic (exact) mass is 516 g/mol. The number of halogens is 2. The van der Waals surface area contributed by atoms with Gasteiger partial charge in [-0.15, -0.1) is 35.3 Å². The second-order valence-electron chi connectivity index (χ2n) is 5.82. The molecule has 8 heteroatoms. The molecule has 0 amide bonds. The van der Waals surface area contributed by atoms with Gasteiger partial charge in [-0.2, -0.15) is 0 Å². The van der Waals surface area contributed by atoms with Gasteiger partial charge in [-0.25, -0.2) is 4.98 Å². The van der Waals surface area contributed by atoms with E-state index in [1.54, 1.807) is 30.6 Å². The number of nitrogens with zero attached hydrogens (tertiary/aromatic N) is 2. The minimum absolute atomic E-state index is 0. The van der Waals surface area contributed by atoms with E-state index < -0.39 is 6.10 Å². The van der Waals surface area contributed by atoms with Gasteiger partial charge < -0.3 is 15.7 Å². The van der Waals surface area contributed by atoms with E-state index in [4.69, 9.17) is 11.6 Å². The average Bonchev–Trinajstić information content (AvgIpc) is 3.10. The van der Waals surface area contributed by atoms with Crippen LogP contribution in [-0.4, -0.2) is 36.2 Å². The van der Waals surface area contributed by atoms with Crippen LogP contribution in [0.4, 0.5) is 0 Å². The standard InChI is InChI=1S/C19H21ClN4OS.HI/c1-21-19(22-9-8-13-6-7-18(20)23-11-13)24-12-15(25)17-10-14-4-2-3-5-16(14)26-17;/h2-7,10-11,15,25H,8-9,12H2,1H3,(H2,21,22,24);1H. The topological polar surface area (TPSA) is 69.5 Å². The second kappa shape index (κ2) is 10.8. The molecule has 144 valence electrons. The van der Waals surface area contributed by atoms with Crippen LogP contribution in [0, 0.1) is 0 Å². The molecule has 0 bridgehead atoms. The summed E-state index contributed by atoms with van der Waals surface area (Å²) in [6.07, 6.45) is 2.00. The minimum Gasteiger partial charge on any atom is -0.386 e. The smallest absolute Gasteiger partial charge is 0.191 e. The highest BCUT2D eigenvalue weighted by atomic mass is 127. The van der Waals surface area contributed by atoms with Crippen LogP contribution in [-0.2, 0) is 6.42 Å². The Kier molecular flexibility index (Phi) is 8.75. The summed E-state index contributed by atoms with van der Waals surface area (Å²) < 4.78 is 1.18. The largest absolute Gasteiger partial charge is 0.386 e. The van der Waals surface area contributed by atoms with Crippen molar-refractivity contribution in [2.24, 2.45) is 4.99 Å². The molecule has 0 spiro atoms. The number of hydrogen-bond donors (Lipinski definition) is 3. The number of aromatic nitrogens is 1. The Morgan fingerprint density at radius 1 is 1.26 bits per heavy atom. The van der Waals surface area contributed by atoms with Crippen molar-refractivity contribution in [1.29, 1.82) is 0 Å². The van der Waals surface area contributed by atoms with Gasteiger partial charge in [0, 0.05) is 35.9 Å². The van der Waals surface area contributed by atoms with E-state index >= 15 is 0 Å². The third-order valence-corrected chi connectivity index (χ3v) is 5.40. The Bertz CT molecular complexity index is 852. The molecule has 1 aromatic carbocycles.